The molecule has 3 heteroatoms. The first-order valence-electron chi connectivity index (χ1n) is 5.00. The average molecular weight is 198 g/mol. The minimum absolute atomic E-state index is 0.0117. The molecule has 0 heterocycles. The van der Waals surface area contributed by atoms with Gasteiger partial charge in [0.2, 0.25) is 5.91 Å². The molecule has 0 rings (SSSR count). The molecule has 0 radical (unpaired) electrons. The molecule has 0 aromatic heterocycles. The van der Waals surface area contributed by atoms with Crippen LogP contribution in [0, 0.1) is 0 Å². The van der Waals surface area contributed by atoms with Gasteiger partial charge in [-0.25, -0.2) is 0 Å². The second-order valence-corrected chi connectivity index (χ2v) is 4.29. The van der Waals surface area contributed by atoms with Crippen LogP contribution in [0.3, 0.4) is 0 Å². The van der Waals surface area contributed by atoms with Crippen LogP contribution < -0.4 is 5.73 Å². The summed E-state index contributed by atoms with van der Waals surface area (Å²) in [5.41, 5.74) is 6.16. The number of nitrogens with two attached hydrogens (primary N) is 1. The van der Waals surface area contributed by atoms with Gasteiger partial charge >= 0.3 is 0 Å². The van der Waals surface area contributed by atoms with Crippen molar-refractivity contribution in [1.82, 2.24) is 4.90 Å². The van der Waals surface area contributed by atoms with E-state index in [-0.39, 0.29) is 5.91 Å². The van der Waals surface area contributed by atoms with Gasteiger partial charge in [-0.15, -0.1) is 0 Å². The minimum atomic E-state index is -0.737. The summed E-state index contributed by atoms with van der Waals surface area (Å²) >= 11 is 0. The van der Waals surface area contributed by atoms with Crippen molar-refractivity contribution in [2.75, 3.05) is 13.6 Å². The van der Waals surface area contributed by atoms with E-state index >= 15 is 0 Å². The van der Waals surface area contributed by atoms with E-state index in [1.54, 1.807) is 18.9 Å². The Balaban J connectivity index is 4.36. The summed E-state index contributed by atoms with van der Waals surface area (Å²) in [6.07, 6.45) is 1.63. The van der Waals surface area contributed by atoms with Crippen LogP contribution in [0.2, 0.25) is 0 Å². The van der Waals surface area contributed by atoms with Gasteiger partial charge in [-0.05, 0) is 20.3 Å². The molecule has 0 aliphatic rings. The Hall–Kier alpha value is -0.830. The monoisotopic (exact) mass is 198 g/mol. The van der Waals surface area contributed by atoms with Crippen molar-refractivity contribution in [3.8, 4) is 0 Å². The molecule has 1 amide bonds. The predicted octanol–water partition coefficient (Wildman–Crippen LogP) is 1.54. The lowest BCUT2D eigenvalue weighted by molar-refractivity contribution is -0.134. The maximum atomic E-state index is 11.9. The van der Waals surface area contributed by atoms with Gasteiger partial charge in [0.25, 0.3) is 0 Å². The molecule has 14 heavy (non-hydrogen) atoms. The molecule has 0 saturated carbocycles. The summed E-state index contributed by atoms with van der Waals surface area (Å²) < 4.78 is 0. The van der Waals surface area contributed by atoms with E-state index in [0.29, 0.717) is 13.0 Å². The van der Waals surface area contributed by atoms with E-state index < -0.39 is 5.54 Å². The molecular weight excluding hydrogens is 176 g/mol. The smallest absolute Gasteiger partial charge is 0.242 e. The molecule has 0 spiro atoms. The van der Waals surface area contributed by atoms with Crippen LogP contribution in [-0.4, -0.2) is 29.9 Å². The van der Waals surface area contributed by atoms with Crippen molar-refractivity contribution in [2.45, 2.75) is 39.2 Å². The largest absolute Gasteiger partial charge is 0.340 e. The molecule has 0 fully saturated rings. The van der Waals surface area contributed by atoms with E-state index in [4.69, 9.17) is 5.73 Å². The molecule has 0 saturated heterocycles. The zero-order valence-electron chi connectivity index (χ0n) is 9.76. The third-order valence-electron chi connectivity index (χ3n) is 2.11. The Bertz CT molecular complexity index is 221. The Morgan fingerprint density at radius 3 is 2.43 bits per heavy atom. The fourth-order valence-corrected chi connectivity index (χ4v) is 1.54. The summed E-state index contributed by atoms with van der Waals surface area (Å²) in [4.78, 5) is 13.5. The van der Waals surface area contributed by atoms with Crippen LogP contribution in [-0.2, 0) is 4.79 Å². The van der Waals surface area contributed by atoms with Crippen molar-refractivity contribution in [3.05, 3.63) is 12.2 Å². The van der Waals surface area contributed by atoms with E-state index in [1.165, 1.54) is 0 Å². The van der Waals surface area contributed by atoms with Crippen LogP contribution in [0.25, 0.3) is 0 Å². The van der Waals surface area contributed by atoms with Gasteiger partial charge in [0.15, 0.2) is 0 Å². The second kappa shape index (κ2) is 5.15. The third kappa shape index (κ3) is 3.92. The Morgan fingerprint density at radius 2 is 2.07 bits per heavy atom. The van der Waals surface area contributed by atoms with Crippen LogP contribution >= 0.6 is 0 Å². The van der Waals surface area contributed by atoms with E-state index in [9.17, 15) is 4.79 Å². The lowest BCUT2D eigenvalue weighted by atomic mass is 9.96. The second-order valence-electron chi connectivity index (χ2n) is 4.29. The summed E-state index contributed by atoms with van der Waals surface area (Å²) in [5.74, 6) is -0.0117. The highest BCUT2D eigenvalue weighted by Gasteiger charge is 2.29. The van der Waals surface area contributed by atoms with Gasteiger partial charge in [0, 0.05) is 13.6 Å². The Labute approximate surface area is 87.0 Å². The molecule has 0 aliphatic carbocycles. The number of rotatable bonds is 5. The van der Waals surface area contributed by atoms with Crippen LogP contribution in [0.5, 0.6) is 0 Å². The van der Waals surface area contributed by atoms with Gasteiger partial charge in [-0.3, -0.25) is 4.79 Å². The van der Waals surface area contributed by atoms with Crippen molar-refractivity contribution >= 4 is 5.91 Å². The minimum Gasteiger partial charge on any atom is -0.340 e. The van der Waals surface area contributed by atoms with E-state index in [2.05, 4.69) is 6.58 Å². The van der Waals surface area contributed by atoms with Gasteiger partial charge in [-0.1, -0.05) is 25.5 Å². The zero-order chi connectivity index (χ0) is 11.4. The number of likely N-dealkylation sites (N-methyl/N-ethyl adjacent to an activating group) is 1. The highest BCUT2D eigenvalue weighted by Crippen LogP contribution is 2.12. The Kier molecular flexibility index (Phi) is 4.85. The normalized spacial score (nSPS) is 14.6. The van der Waals surface area contributed by atoms with Gasteiger partial charge in [-0.2, -0.15) is 0 Å². The summed E-state index contributed by atoms with van der Waals surface area (Å²) in [6, 6.07) is 0. The number of amides is 1. The maximum absolute atomic E-state index is 11.9. The standard InChI is InChI=1S/C11H22N2O/c1-6-7-11(4,12)10(14)13(5)8-9(2)3/h2,6-8,12H2,1,3-5H3. The first-order chi connectivity index (χ1) is 6.31. The predicted molar refractivity (Wildman–Crippen MR) is 60.0 cm³/mol. The molecule has 0 aromatic carbocycles. The highest BCUT2D eigenvalue weighted by atomic mass is 16.2. The van der Waals surface area contributed by atoms with E-state index in [1.807, 2.05) is 13.8 Å². The highest BCUT2D eigenvalue weighted by molar-refractivity contribution is 5.85. The number of carbonyl (C=O) groups is 1. The molecule has 1 unspecified atom stereocenters. The van der Waals surface area contributed by atoms with Crippen LogP contribution in [0.15, 0.2) is 12.2 Å². The van der Waals surface area contributed by atoms with Crippen LogP contribution in [0.1, 0.15) is 33.6 Å². The topological polar surface area (TPSA) is 46.3 Å². The lowest BCUT2D eigenvalue weighted by Gasteiger charge is -2.29. The molecule has 0 bridgehead atoms. The van der Waals surface area contributed by atoms with Crippen molar-refractivity contribution < 1.29 is 4.79 Å². The summed E-state index contributed by atoms with van der Waals surface area (Å²) in [7, 11) is 1.76. The molecule has 1 atom stereocenters. The first kappa shape index (κ1) is 13.2. The lowest BCUT2D eigenvalue weighted by Crippen LogP contribution is -2.52. The van der Waals surface area contributed by atoms with Gasteiger partial charge < -0.3 is 10.6 Å². The van der Waals surface area contributed by atoms with Crippen molar-refractivity contribution in [1.29, 1.82) is 0 Å². The summed E-state index contributed by atoms with van der Waals surface area (Å²) in [6.45, 7) is 10.1. The van der Waals surface area contributed by atoms with Crippen molar-refractivity contribution in [3.63, 3.8) is 0 Å². The number of hydrogen-bond donors (Lipinski definition) is 1. The summed E-state index contributed by atoms with van der Waals surface area (Å²) in [5, 5.41) is 0. The molecule has 82 valence electrons. The molecule has 2 N–H and O–H groups in total. The van der Waals surface area contributed by atoms with Crippen LogP contribution in [0.4, 0.5) is 0 Å². The molecular formula is C11H22N2O. The molecule has 3 nitrogen and oxygen atoms in total. The Morgan fingerprint density at radius 1 is 1.57 bits per heavy atom. The SMILES string of the molecule is C=C(C)CN(C)C(=O)C(C)(N)CCC. The third-order valence-corrected chi connectivity index (χ3v) is 2.11. The average Bonchev–Trinajstić information content (AvgIpc) is 2.01. The van der Waals surface area contributed by atoms with Gasteiger partial charge in [0.05, 0.1) is 5.54 Å². The zero-order valence-corrected chi connectivity index (χ0v) is 9.76. The maximum Gasteiger partial charge on any atom is 0.242 e. The number of carbonyl (C=O) groups excluding carboxylic acids is 1. The van der Waals surface area contributed by atoms with Crippen molar-refractivity contribution in [2.24, 2.45) is 5.73 Å². The first-order valence-corrected chi connectivity index (χ1v) is 5.00. The number of nitrogens with zero attached hydrogens (tertiary/aromatic N) is 1. The number of hydrogen-bond acceptors (Lipinski definition) is 2. The quantitative estimate of drug-likeness (QED) is 0.681. The van der Waals surface area contributed by atoms with E-state index in [0.717, 1.165) is 12.0 Å². The molecule has 0 aliphatic heterocycles. The fourth-order valence-electron chi connectivity index (χ4n) is 1.54. The molecule has 0 aromatic rings. The fraction of sp³-hybridized carbons (Fsp3) is 0.727. The van der Waals surface area contributed by atoms with Gasteiger partial charge in [0.1, 0.15) is 0 Å².